The summed E-state index contributed by atoms with van der Waals surface area (Å²) in [7, 11) is 7.12. The maximum Gasteiger partial charge on any atom is 0.257 e. The molecule has 1 amide bonds. The molecule has 0 bridgehead atoms. The third-order valence-electron chi connectivity index (χ3n) is 5.97. The SMILES string of the molecule is COc1ccc(OC)c(C(=O)N2CCC(c3cc(N(C)C)nc(-c4ccncc4)n3)CC2)c1. The van der Waals surface area contributed by atoms with Crippen molar-refractivity contribution in [3.05, 3.63) is 60.0 Å². The first-order valence-corrected chi connectivity index (χ1v) is 11.0. The van der Waals surface area contributed by atoms with E-state index in [9.17, 15) is 4.79 Å². The molecule has 3 aromatic rings. The van der Waals surface area contributed by atoms with Crippen molar-refractivity contribution in [1.29, 1.82) is 0 Å². The molecule has 0 unspecified atom stereocenters. The monoisotopic (exact) mass is 447 g/mol. The second-order valence-electron chi connectivity index (χ2n) is 8.24. The molecule has 8 heteroatoms. The first-order valence-electron chi connectivity index (χ1n) is 11.0. The maximum absolute atomic E-state index is 13.2. The Hall–Kier alpha value is -3.68. The van der Waals surface area contributed by atoms with Crippen LogP contribution < -0.4 is 14.4 Å². The quantitative estimate of drug-likeness (QED) is 0.571. The van der Waals surface area contributed by atoms with Gasteiger partial charge >= 0.3 is 0 Å². The van der Waals surface area contributed by atoms with Crippen LogP contribution in [-0.4, -0.2) is 67.2 Å². The zero-order valence-corrected chi connectivity index (χ0v) is 19.5. The van der Waals surface area contributed by atoms with E-state index >= 15 is 0 Å². The summed E-state index contributed by atoms with van der Waals surface area (Å²) in [6, 6.07) is 11.2. The van der Waals surface area contributed by atoms with Crippen LogP contribution in [0.4, 0.5) is 5.82 Å². The van der Waals surface area contributed by atoms with Gasteiger partial charge in [0.2, 0.25) is 0 Å². The minimum Gasteiger partial charge on any atom is -0.497 e. The molecule has 0 atom stereocenters. The van der Waals surface area contributed by atoms with Gasteiger partial charge in [-0.3, -0.25) is 9.78 Å². The Morgan fingerprint density at radius 2 is 1.73 bits per heavy atom. The number of ether oxygens (including phenoxy) is 2. The van der Waals surface area contributed by atoms with E-state index in [1.54, 1.807) is 44.8 Å². The van der Waals surface area contributed by atoms with Crippen molar-refractivity contribution in [2.24, 2.45) is 0 Å². The van der Waals surface area contributed by atoms with E-state index in [4.69, 9.17) is 19.4 Å². The molecule has 1 aliphatic rings. The van der Waals surface area contributed by atoms with Crippen LogP contribution in [0.3, 0.4) is 0 Å². The third kappa shape index (κ3) is 4.89. The number of benzene rings is 1. The number of carbonyl (C=O) groups is 1. The molecule has 0 saturated carbocycles. The Balaban J connectivity index is 1.53. The van der Waals surface area contributed by atoms with Crippen LogP contribution in [0.2, 0.25) is 0 Å². The summed E-state index contributed by atoms with van der Waals surface area (Å²) in [6.07, 6.45) is 5.16. The highest BCUT2D eigenvalue weighted by atomic mass is 16.5. The zero-order valence-electron chi connectivity index (χ0n) is 19.5. The molecule has 1 aromatic carbocycles. The lowest BCUT2D eigenvalue weighted by molar-refractivity contribution is 0.0708. The summed E-state index contributed by atoms with van der Waals surface area (Å²) in [6.45, 7) is 1.30. The number of anilines is 1. The molecule has 3 heterocycles. The molecular formula is C25H29N5O3. The van der Waals surface area contributed by atoms with Gasteiger partial charge < -0.3 is 19.3 Å². The molecule has 172 valence electrons. The van der Waals surface area contributed by atoms with Crippen molar-refractivity contribution < 1.29 is 14.3 Å². The smallest absolute Gasteiger partial charge is 0.257 e. The molecule has 2 aromatic heterocycles. The number of amides is 1. The maximum atomic E-state index is 13.2. The van der Waals surface area contributed by atoms with E-state index in [-0.39, 0.29) is 11.8 Å². The van der Waals surface area contributed by atoms with E-state index in [0.29, 0.717) is 36.0 Å². The van der Waals surface area contributed by atoms with Gasteiger partial charge in [0.05, 0.1) is 19.8 Å². The van der Waals surface area contributed by atoms with E-state index in [1.165, 1.54) is 0 Å². The average Bonchev–Trinajstić information content (AvgIpc) is 2.88. The lowest BCUT2D eigenvalue weighted by Crippen LogP contribution is -2.38. The molecule has 0 N–H and O–H groups in total. The summed E-state index contributed by atoms with van der Waals surface area (Å²) in [5, 5.41) is 0. The summed E-state index contributed by atoms with van der Waals surface area (Å²) >= 11 is 0. The molecule has 4 rings (SSSR count). The van der Waals surface area contributed by atoms with Gasteiger partial charge in [0.25, 0.3) is 5.91 Å². The second kappa shape index (κ2) is 9.85. The van der Waals surface area contributed by atoms with Gasteiger partial charge in [-0.15, -0.1) is 0 Å². The van der Waals surface area contributed by atoms with Crippen molar-refractivity contribution in [1.82, 2.24) is 19.9 Å². The summed E-state index contributed by atoms with van der Waals surface area (Å²) in [5.74, 6) is 2.96. The van der Waals surface area contributed by atoms with E-state index < -0.39 is 0 Å². The predicted molar refractivity (Wildman–Crippen MR) is 127 cm³/mol. The number of methoxy groups -OCH3 is 2. The van der Waals surface area contributed by atoms with Crippen LogP contribution in [-0.2, 0) is 0 Å². The Morgan fingerprint density at radius 1 is 1.00 bits per heavy atom. The molecule has 1 saturated heterocycles. The highest BCUT2D eigenvalue weighted by Gasteiger charge is 2.28. The summed E-state index contributed by atoms with van der Waals surface area (Å²) < 4.78 is 10.7. The van der Waals surface area contributed by atoms with Gasteiger partial charge in [-0.1, -0.05) is 0 Å². The van der Waals surface area contributed by atoms with Gasteiger partial charge in [-0.25, -0.2) is 9.97 Å². The Morgan fingerprint density at radius 3 is 2.36 bits per heavy atom. The van der Waals surface area contributed by atoms with Gasteiger partial charge in [-0.2, -0.15) is 0 Å². The van der Waals surface area contributed by atoms with Crippen molar-refractivity contribution >= 4 is 11.7 Å². The summed E-state index contributed by atoms with van der Waals surface area (Å²) in [4.78, 5) is 30.8. The lowest BCUT2D eigenvalue weighted by Gasteiger charge is -2.32. The topological polar surface area (TPSA) is 80.7 Å². The fraction of sp³-hybridized carbons (Fsp3) is 0.360. The minimum atomic E-state index is -0.0432. The number of carbonyl (C=O) groups excluding carboxylic acids is 1. The molecule has 1 aliphatic heterocycles. The standard InChI is InChI=1S/C25H29N5O3/c1-29(2)23-16-21(27-24(28-23)18-7-11-26-12-8-18)17-9-13-30(14-10-17)25(31)20-15-19(32-3)5-6-22(20)33-4/h5-8,11-12,15-17H,9-10,13-14H2,1-4H3. The molecule has 0 radical (unpaired) electrons. The number of likely N-dealkylation sites (tertiary alicyclic amines) is 1. The number of pyridine rings is 1. The summed E-state index contributed by atoms with van der Waals surface area (Å²) in [5.41, 5.74) is 2.46. The van der Waals surface area contributed by atoms with Crippen molar-refractivity contribution in [2.75, 3.05) is 46.3 Å². The van der Waals surface area contributed by atoms with Crippen molar-refractivity contribution in [2.45, 2.75) is 18.8 Å². The number of aromatic nitrogens is 3. The second-order valence-corrected chi connectivity index (χ2v) is 8.24. The van der Waals surface area contributed by atoms with Crippen LogP contribution in [0.25, 0.3) is 11.4 Å². The van der Waals surface area contributed by atoms with Gasteiger partial charge in [-0.05, 0) is 43.2 Å². The van der Waals surface area contributed by atoms with Crippen LogP contribution in [0.1, 0.15) is 34.8 Å². The largest absolute Gasteiger partial charge is 0.497 e. The van der Waals surface area contributed by atoms with Gasteiger partial charge in [0, 0.05) is 62.8 Å². The highest BCUT2D eigenvalue weighted by Crippen LogP contribution is 2.32. The number of nitrogens with zero attached hydrogens (tertiary/aromatic N) is 5. The number of rotatable bonds is 6. The van der Waals surface area contributed by atoms with E-state index in [1.807, 2.05) is 36.0 Å². The molecule has 1 fully saturated rings. The van der Waals surface area contributed by atoms with Crippen LogP contribution in [0.15, 0.2) is 48.8 Å². The van der Waals surface area contributed by atoms with Crippen LogP contribution >= 0.6 is 0 Å². The zero-order chi connectivity index (χ0) is 23.4. The van der Waals surface area contributed by atoms with Gasteiger partial charge in [0.1, 0.15) is 17.3 Å². The average molecular weight is 448 g/mol. The van der Waals surface area contributed by atoms with Crippen molar-refractivity contribution in [3.8, 4) is 22.9 Å². The van der Waals surface area contributed by atoms with E-state index in [0.717, 1.165) is 29.9 Å². The Labute approximate surface area is 194 Å². The molecule has 0 spiro atoms. The lowest BCUT2D eigenvalue weighted by atomic mass is 9.92. The van der Waals surface area contributed by atoms with E-state index in [2.05, 4.69) is 11.1 Å². The predicted octanol–water partition coefficient (Wildman–Crippen LogP) is 3.64. The Kier molecular flexibility index (Phi) is 6.72. The first kappa shape index (κ1) is 22.5. The third-order valence-corrected chi connectivity index (χ3v) is 5.97. The number of piperidine rings is 1. The highest BCUT2D eigenvalue weighted by molar-refractivity contribution is 5.97. The Bertz CT molecular complexity index is 1110. The van der Waals surface area contributed by atoms with Crippen LogP contribution in [0.5, 0.6) is 11.5 Å². The van der Waals surface area contributed by atoms with Crippen LogP contribution in [0, 0.1) is 0 Å². The number of hydrogen-bond donors (Lipinski definition) is 0. The fourth-order valence-corrected chi connectivity index (χ4v) is 4.05. The molecule has 0 aliphatic carbocycles. The normalized spacial score (nSPS) is 14.1. The minimum absolute atomic E-state index is 0.0432. The molecule has 8 nitrogen and oxygen atoms in total. The first-order chi connectivity index (χ1) is 16.0. The van der Waals surface area contributed by atoms with Gasteiger partial charge in [0.15, 0.2) is 5.82 Å². The molecule has 33 heavy (non-hydrogen) atoms. The number of hydrogen-bond acceptors (Lipinski definition) is 7. The fourth-order valence-electron chi connectivity index (χ4n) is 4.05. The van der Waals surface area contributed by atoms with Crippen molar-refractivity contribution in [3.63, 3.8) is 0 Å². The molecular weight excluding hydrogens is 418 g/mol.